The van der Waals surface area contributed by atoms with Crippen LogP contribution >= 0.6 is 7.82 Å². The summed E-state index contributed by atoms with van der Waals surface area (Å²) in [6.07, 6.45) is -2.14. The Bertz CT molecular complexity index is 1780. The number of phosphoric ester groups is 1. The van der Waals surface area contributed by atoms with Gasteiger partial charge in [-0.1, -0.05) is 0 Å². The third-order valence-electron chi connectivity index (χ3n) is 7.48. The number of imidazole rings is 2. The highest BCUT2D eigenvalue weighted by Gasteiger charge is 2.63. The lowest BCUT2D eigenvalue weighted by molar-refractivity contribution is -0.184. The average Bonchev–Trinajstić information content (AvgIpc) is 3.76. The highest BCUT2D eigenvalue weighted by Crippen LogP contribution is 2.53. The molecule has 0 spiro atoms. The Morgan fingerprint density at radius 3 is 2.69 bits per heavy atom. The largest absolute Gasteiger partial charge is 0.472 e. The molecule has 3 saturated heterocycles. The second-order valence-corrected chi connectivity index (χ2v) is 11.5. The van der Waals surface area contributed by atoms with E-state index in [1.165, 1.54) is 28.1 Å². The number of aromatic amines is 1. The van der Waals surface area contributed by atoms with E-state index in [-0.39, 0.29) is 36.0 Å². The van der Waals surface area contributed by atoms with Crippen LogP contribution in [0.25, 0.3) is 22.3 Å². The van der Waals surface area contributed by atoms with E-state index in [2.05, 4.69) is 29.9 Å². The van der Waals surface area contributed by atoms with Crippen molar-refractivity contribution in [2.24, 2.45) is 0 Å². The number of aliphatic hydroxyl groups is 2. The monoisotopic (exact) mass is 608 g/mol. The number of hydrogen-bond acceptors (Lipinski definition) is 16. The lowest BCUT2D eigenvalue weighted by atomic mass is 10.0. The predicted octanol–water partition coefficient (Wildman–Crippen LogP) is -2.07. The molecular formula is C21H25N10O10P. The molecule has 2 bridgehead atoms. The fraction of sp³-hybridized carbons (Fsp3) is 0.524. The van der Waals surface area contributed by atoms with Crippen molar-refractivity contribution in [2.75, 3.05) is 31.3 Å². The van der Waals surface area contributed by atoms with Crippen LogP contribution < -0.4 is 17.0 Å². The molecule has 224 valence electrons. The van der Waals surface area contributed by atoms with Crippen LogP contribution in [0.1, 0.15) is 18.9 Å². The molecule has 3 fully saturated rings. The Kier molecular flexibility index (Phi) is 6.31. The topological polar surface area (TPSA) is 283 Å². The van der Waals surface area contributed by atoms with Gasteiger partial charge in [0.05, 0.1) is 38.6 Å². The number of phosphoric acid groups is 1. The minimum absolute atomic E-state index is 0.0103. The summed E-state index contributed by atoms with van der Waals surface area (Å²) in [7, 11) is -4.85. The summed E-state index contributed by atoms with van der Waals surface area (Å²) in [4.78, 5) is 45.6. The van der Waals surface area contributed by atoms with E-state index in [4.69, 9.17) is 34.7 Å². The molecule has 3 aliphatic rings. The molecule has 8 atom stereocenters. The van der Waals surface area contributed by atoms with Gasteiger partial charge in [-0.05, 0) is 0 Å². The molecule has 0 amide bonds. The molecule has 7 rings (SSSR count). The van der Waals surface area contributed by atoms with Crippen molar-refractivity contribution in [1.29, 1.82) is 0 Å². The van der Waals surface area contributed by atoms with E-state index in [9.17, 15) is 24.5 Å². The first kappa shape index (κ1) is 27.3. The van der Waals surface area contributed by atoms with Crippen LogP contribution in [0, 0.1) is 0 Å². The Balaban J connectivity index is 1.09. The van der Waals surface area contributed by atoms with Crippen molar-refractivity contribution >= 4 is 41.9 Å². The standard InChI is InChI=1S/C21H25N10O10P/c22-14-10-15(25-5-24-14)30(6-26-10)19-12-13(33)21(40-19,3-37-12)4-38-42(35,36)41-9-1-8(2-32)39-18(9)31-7-27-11-16(31)28-20(23)29-17(11)34/h5-9,12-13,18-19,32-33H,1-4H2,(H,35,36)(H2,22,24,25)(H3,23,28,29,34)/t8-,9-,12-,13+,18+,19+,21+/m0/s1. The first-order valence-corrected chi connectivity index (χ1v) is 14.1. The van der Waals surface area contributed by atoms with Gasteiger partial charge in [-0.25, -0.2) is 24.5 Å². The van der Waals surface area contributed by atoms with Crippen LogP contribution in [0.3, 0.4) is 0 Å². The molecule has 7 heterocycles. The van der Waals surface area contributed by atoms with Crippen molar-refractivity contribution in [2.45, 2.75) is 48.9 Å². The smallest absolute Gasteiger partial charge is 0.394 e. The Hall–Kier alpha value is -3.59. The molecular weight excluding hydrogens is 583 g/mol. The van der Waals surface area contributed by atoms with Gasteiger partial charge >= 0.3 is 7.82 Å². The molecule has 3 aliphatic heterocycles. The van der Waals surface area contributed by atoms with Crippen LogP contribution in [0.5, 0.6) is 0 Å². The van der Waals surface area contributed by atoms with Crippen molar-refractivity contribution < 1.29 is 42.9 Å². The van der Waals surface area contributed by atoms with E-state index in [1.54, 1.807) is 0 Å². The number of rotatable bonds is 8. The van der Waals surface area contributed by atoms with Crippen molar-refractivity contribution in [3.05, 3.63) is 29.3 Å². The van der Waals surface area contributed by atoms with Crippen LogP contribution in [0.15, 0.2) is 23.8 Å². The highest BCUT2D eigenvalue weighted by molar-refractivity contribution is 7.47. The number of nitrogens with two attached hydrogens (primary N) is 2. The number of nitrogens with one attached hydrogen (secondary N) is 1. The fourth-order valence-electron chi connectivity index (χ4n) is 5.49. The highest BCUT2D eigenvalue weighted by atomic mass is 31.2. The van der Waals surface area contributed by atoms with Crippen molar-refractivity contribution in [1.82, 2.24) is 39.0 Å². The first-order valence-electron chi connectivity index (χ1n) is 12.6. The average molecular weight is 608 g/mol. The molecule has 8 N–H and O–H groups in total. The van der Waals surface area contributed by atoms with E-state index >= 15 is 0 Å². The maximum atomic E-state index is 13.2. The number of ether oxygens (including phenoxy) is 3. The first-order chi connectivity index (χ1) is 20.1. The maximum absolute atomic E-state index is 13.2. The minimum atomic E-state index is -4.85. The van der Waals surface area contributed by atoms with E-state index in [0.717, 1.165) is 0 Å². The van der Waals surface area contributed by atoms with Gasteiger partial charge in [0.15, 0.2) is 35.1 Å². The third kappa shape index (κ3) is 4.27. The quantitative estimate of drug-likeness (QED) is 0.117. The van der Waals surface area contributed by atoms with Gasteiger partial charge in [0, 0.05) is 6.42 Å². The third-order valence-corrected chi connectivity index (χ3v) is 8.47. The van der Waals surface area contributed by atoms with Gasteiger partial charge in [0.1, 0.15) is 35.8 Å². The van der Waals surface area contributed by atoms with Gasteiger partial charge in [-0.15, -0.1) is 0 Å². The molecule has 4 aromatic heterocycles. The molecule has 0 radical (unpaired) electrons. The Labute approximate surface area is 233 Å². The van der Waals surface area contributed by atoms with Crippen LogP contribution in [0.2, 0.25) is 0 Å². The fourth-order valence-corrected chi connectivity index (χ4v) is 6.46. The maximum Gasteiger partial charge on any atom is 0.472 e. The minimum Gasteiger partial charge on any atom is -0.394 e. The lowest BCUT2D eigenvalue weighted by Gasteiger charge is -2.31. The van der Waals surface area contributed by atoms with Gasteiger partial charge in [-0.3, -0.25) is 28.0 Å². The Morgan fingerprint density at radius 2 is 1.90 bits per heavy atom. The van der Waals surface area contributed by atoms with Crippen LogP contribution in [-0.2, 0) is 27.8 Å². The zero-order valence-corrected chi connectivity index (χ0v) is 22.4. The molecule has 20 nitrogen and oxygen atoms in total. The number of fused-ring (bicyclic) bond motifs is 4. The summed E-state index contributed by atoms with van der Waals surface area (Å²) >= 11 is 0. The summed E-state index contributed by atoms with van der Waals surface area (Å²) in [5, 5.41) is 20.7. The second kappa shape index (κ2) is 9.73. The molecule has 0 saturated carbocycles. The normalized spacial score (nSPS) is 32.3. The van der Waals surface area contributed by atoms with E-state index < -0.39 is 69.1 Å². The molecule has 0 aromatic carbocycles. The SMILES string of the molecule is Nc1nc2c(ncn2[C@@H]2O[C@H](CO)C[C@@H]2OP(=O)(O)OC[C@@]23CO[C@H]([C@H](n4cnc5c(N)ncnc54)O2)[C@H]3O)c(=O)[nH]1. The molecule has 21 heteroatoms. The Morgan fingerprint density at radius 1 is 1.14 bits per heavy atom. The summed E-state index contributed by atoms with van der Waals surface area (Å²) in [6, 6.07) is 0. The number of H-pyrrole nitrogens is 1. The lowest BCUT2D eigenvalue weighted by Crippen LogP contribution is -2.44. The van der Waals surface area contributed by atoms with Gasteiger partial charge < -0.3 is 40.8 Å². The van der Waals surface area contributed by atoms with Crippen LogP contribution in [-0.4, -0.2) is 104 Å². The number of nitrogens with zero attached hydrogens (tertiary/aromatic N) is 7. The second-order valence-electron chi connectivity index (χ2n) is 10.1. The van der Waals surface area contributed by atoms with Gasteiger partial charge in [-0.2, -0.15) is 4.98 Å². The molecule has 1 unspecified atom stereocenters. The summed E-state index contributed by atoms with van der Waals surface area (Å²) in [6.45, 7) is -1.14. The van der Waals surface area contributed by atoms with E-state index in [1.807, 2.05) is 0 Å². The van der Waals surface area contributed by atoms with Gasteiger partial charge in [0.25, 0.3) is 5.56 Å². The molecule has 4 aromatic rings. The van der Waals surface area contributed by atoms with Crippen molar-refractivity contribution in [3.8, 4) is 0 Å². The summed E-state index contributed by atoms with van der Waals surface area (Å²) in [5.41, 5.74) is 10.1. The summed E-state index contributed by atoms with van der Waals surface area (Å²) in [5.74, 6) is -0.0175. The molecule has 0 aliphatic carbocycles. The zero-order valence-electron chi connectivity index (χ0n) is 21.5. The predicted molar refractivity (Wildman–Crippen MR) is 137 cm³/mol. The number of aromatic nitrogens is 8. The number of nitrogen functional groups attached to an aromatic ring is 2. The summed E-state index contributed by atoms with van der Waals surface area (Å²) < 4.78 is 44.5. The van der Waals surface area contributed by atoms with Crippen molar-refractivity contribution in [3.63, 3.8) is 0 Å². The van der Waals surface area contributed by atoms with E-state index in [0.29, 0.717) is 11.2 Å². The van der Waals surface area contributed by atoms with Crippen LogP contribution in [0.4, 0.5) is 11.8 Å². The number of hydrogen-bond donors (Lipinski definition) is 6. The number of aliphatic hydroxyl groups excluding tert-OH is 2. The van der Waals surface area contributed by atoms with Gasteiger partial charge in [0.2, 0.25) is 5.95 Å². The number of anilines is 2. The molecule has 42 heavy (non-hydrogen) atoms. The zero-order chi connectivity index (χ0) is 29.4.